The number of alkyl halides is 3. The van der Waals surface area contributed by atoms with Gasteiger partial charge in [0.05, 0.1) is 30.8 Å². The summed E-state index contributed by atoms with van der Waals surface area (Å²) in [5.41, 5.74) is 1.94. The van der Waals surface area contributed by atoms with E-state index >= 15 is 0 Å². The molecule has 0 radical (unpaired) electrons. The first-order chi connectivity index (χ1) is 27.0. The van der Waals surface area contributed by atoms with Gasteiger partial charge in [0.2, 0.25) is 18.6 Å². The number of fused-ring (bicyclic) bond motifs is 4. The van der Waals surface area contributed by atoms with Crippen molar-refractivity contribution in [1.29, 1.82) is 5.26 Å². The number of hydrogen-bond donors (Lipinski definition) is 3. The van der Waals surface area contributed by atoms with E-state index in [2.05, 4.69) is 21.6 Å². The van der Waals surface area contributed by atoms with Crippen LogP contribution in [0.3, 0.4) is 0 Å². The first kappa shape index (κ1) is 39.4. The van der Waals surface area contributed by atoms with Crippen LogP contribution in [-0.4, -0.2) is 84.4 Å². The average Bonchev–Trinajstić information content (AvgIpc) is 3.56. The van der Waals surface area contributed by atoms with E-state index in [-0.39, 0.29) is 49.8 Å². The van der Waals surface area contributed by atoms with E-state index < -0.39 is 59.2 Å². The Kier molecular flexibility index (Phi) is 10.1. The normalized spacial score (nSPS) is 22.8. The molecule has 1 unspecified atom stereocenters. The molecule has 2 amide bonds. The number of methoxy groups -OCH3 is 1. The van der Waals surface area contributed by atoms with E-state index in [9.17, 15) is 37.9 Å². The largest absolute Gasteiger partial charge is 0.504 e. The Balaban J connectivity index is 1.26. The van der Waals surface area contributed by atoms with Crippen molar-refractivity contribution >= 4 is 23.9 Å². The maximum Gasteiger partial charge on any atom is 0.416 e. The Morgan fingerprint density at radius 1 is 1.16 bits per heavy atom. The van der Waals surface area contributed by atoms with Crippen molar-refractivity contribution in [3.63, 3.8) is 0 Å². The SMILES string of the molecule is COc1c(C)cc2c(c1O)[C@@H]1C3Cc4c(OC(C)=O)c(C)c5c(c4[C@H](CNC(=O)[C@@H](C)NC(=O)/C=C/c4cccc(C(F)(F)F)c4)N3[C@](C#N)(C2)CN1C)OCO5. The van der Waals surface area contributed by atoms with E-state index in [0.717, 1.165) is 23.8 Å². The summed E-state index contributed by atoms with van der Waals surface area (Å²) in [4.78, 5) is 43.3. The number of nitriles is 1. The van der Waals surface area contributed by atoms with Gasteiger partial charge < -0.3 is 34.7 Å². The Morgan fingerprint density at radius 2 is 1.89 bits per heavy atom. The summed E-state index contributed by atoms with van der Waals surface area (Å²) in [6.07, 6.45) is -1.80. The topological polar surface area (TPSA) is 163 Å². The van der Waals surface area contributed by atoms with Crippen LogP contribution < -0.4 is 29.6 Å². The molecule has 5 heterocycles. The molecule has 0 aromatic heterocycles. The van der Waals surface area contributed by atoms with E-state index in [1.54, 1.807) is 6.92 Å². The summed E-state index contributed by atoms with van der Waals surface area (Å²) in [5.74, 6) is -0.489. The molecule has 5 atom stereocenters. The van der Waals surface area contributed by atoms with Crippen molar-refractivity contribution < 1.29 is 51.6 Å². The Hall–Kier alpha value is -5.79. The number of carbonyl (C=O) groups excluding carboxylic acids is 3. The zero-order valence-electron chi connectivity index (χ0n) is 32.2. The van der Waals surface area contributed by atoms with Gasteiger partial charge in [-0.25, -0.2) is 0 Å². The number of rotatable bonds is 8. The molecular formula is C41H42F3N5O8. The fourth-order valence-corrected chi connectivity index (χ4v) is 9.10. The highest BCUT2D eigenvalue weighted by Gasteiger charge is 2.60. The van der Waals surface area contributed by atoms with Gasteiger partial charge in [-0.3, -0.25) is 24.2 Å². The number of benzene rings is 3. The fourth-order valence-electron chi connectivity index (χ4n) is 9.10. The monoisotopic (exact) mass is 789 g/mol. The third kappa shape index (κ3) is 6.78. The number of phenolic OH excluding ortho intramolecular Hbond substituents is 1. The molecule has 3 aromatic carbocycles. The number of piperazine rings is 1. The fraction of sp³-hybridized carbons (Fsp3) is 0.415. The Morgan fingerprint density at radius 3 is 2.58 bits per heavy atom. The summed E-state index contributed by atoms with van der Waals surface area (Å²) in [6.45, 7) is 6.41. The van der Waals surface area contributed by atoms with Crippen molar-refractivity contribution in [2.75, 3.05) is 34.0 Å². The number of aromatic hydroxyl groups is 1. The van der Waals surface area contributed by atoms with Crippen LogP contribution >= 0.6 is 0 Å². The van der Waals surface area contributed by atoms with E-state index in [1.807, 2.05) is 24.9 Å². The predicted octanol–water partition coefficient (Wildman–Crippen LogP) is 4.80. The highest BCUT2D eigenvalue weighted by molar-refractivity contribution is 5.95. The van der Waals surface area contributed by atoms with Crippen molar-refractivity contribution in [2.45, 2.75) is 76.4 Å². The van der Waals surface area contributed by atoms with E-state index in [1.165, 1.54) is 39.2 Å². The van der Waals surface area contributed by atoms with Crippen molar-refractivity contribution in [3.8, 4) is 34.8 Å². The van der Waals surface area contributed by atoms with Crippen molar-refractivity contribution in [3.05, 3.63) is 80.9 Å². The minimum Gasteiger partial charge on any atom is -0.504 e. The molecule has 57 heavy (non-hydrogen) atoms. The molecule has 5 aliphatic heterocycles. The molecule has 3 aromatic rings. The molecule has 3 N–H and O–H groups in total. The molecule has 0 aliphatic carbocycles. The lowest BCUT2D eigenvalue weighted by Crippen LogP contribution is -2.69. The quantitative estimate of drug-likeness (QED) is 0.163. The molecule has 5 aliphatic rings. The number of nitrogens with one attached hydrogen (secondary N) is 2. The molecule has 16 heteroatoms. The Bertz CT molecular complexity index is 2250. The van der Waals surface area contributed by atoms with Gasteiger partial charge in [0.25, 0.3) is 0 Å². The minimum atomic E-state index is -4.55. The minimum absolute atomic E-state index is 0.0238. The molecule has 0 spiro atoms. The standard InChI is InChI=1S/C41H42F3N5O8/c1-20-12-25-15-40(17-45)18-48(5)33(31(25)34(52)35(20)54-6)28-14-27-32(38-37(55-19-56-38)21(2)36(27)57-23(4)50)29(49(28)40)16-46-39(53)22(3)47-30(51)11-10-24-8-7-9-26(13-24)41(42,43)44/h7-13,22,28-29,33,52H,14-16,18-19H2,1-6H3,(H,46,53)(H,47,51)/b11-10+/t22-,28?,29+,33+,40+/m1/s1. The summed E-state index contributed by atoms with van der Waals surface area (Å²) >= 11 is 0. The van der Waals surface area contributed by atoms with Crippen molar-refractivity contribution in [2.24, 2.45) is 0 Å². The van der Waals surface area contributed by atoms with Gasteiger partial charge >= 0.3 is 12.1 Å². The summed E-state index contributed by atoms with van der Waals surface area (Å²) in [7, 11) is 3.38. The number of carbonyl (C=O) groups is 3. The second-order valence-electron chi connectivity index (χ2n) is 15.0. The summed E-state index contributed by atoms with van der Waals surface area (Å²) in [5, 5.41) is 28.5. The number of aryl methyl sites for hydroxylation is 1. The van der Waals surface area contributed by atoms with E-state index in [4.69, 9.17) is 18.9 Å². The number of esters is 1. The Labute approximate surface area is 326 Å². The van der Waals surface area contributed by atoms with Crippen LogP contribution in [0.5, 0.6) is 28.7 Å². The third-order valence-corrected chi connectivity index (χ3v) is 11.3. The number of nitrogens with zero attached hydrogens (tertiary/aromatic N) is 3. The third-order valence-electron chi connectivity index (χ3n) is 11.3. The van der Waals surface area contributed by atoms with Gasteiger partial charge in [0.1, 0.15) is 17.3 Å². The van der Waals surface area contributed by atoms with Crippen LogP contribution in [0.15, 0.2) is 36.4 Å². The molecule has 2 bridgehead atoms. The molecule has 300 valence electrons. The van der Waals surface area contributed by atoms with Crippen LogP contribution in [0.1, 0.15) is 70.4 Å². The maximum absolute atomic E-state index is 13.7. The van der Waals surface area contributed by atoms with Gasteiger partial charge in [0.15, 0.2) is 23.0 Å². The molecule has 0 saturated carbocycles. The van der Waals surface area contributed by atoms with Gasteiger partial charge in [-0.15, -0.1) is 0 Å². The van der Waals surface area contributed by atoms with Crippen LogP contribution in [-0.2, 0) is 33.4 Å². The van der Waals surface area contributed by atoms with Crippen LogP contribution in [0.25, 0.3) is 6.08 Å². The highest BCUT2D eigenvalue weighted by atomic mass is 19.4. The smallest absolute Gasteiger partial charge is 0.416 e. The number of likely N-dealkylation sites (N-methyl/N-ethyl adjacent to an activating group) is 1. The van der Waals surface area contributed by atoms with Gasteiger partial charge in [-0.05, 0) is 69.1 Å². The van der Waals surface area contributed by atoms with Crippen LogP contribution in [0.4, 0.5) is 13.2 Å². The number of halogens is 3. The average molecular weight is 790 g/mol. The first-order valence-electron chi connectivity index (χ1n) is 18.4. The van der Waals surface area contributed by atoms with Crippen LogP contribution in [0, 0.1) is 25.2 Å². The number of phenols is 1. The number of hydrogen-bond acceptors (Lipinski definition) is 11. The van der Waals surface area contributed by atoms with Crippen LogP contribution in [0.2, 0.25) is 0 Å². The zero-order chi connectivity index (χ0) is 41.1. The molecule has 13 nitrogen and oxygen atoms in total. The van der Waals surface area contributed by atoms with Gasteiger partial charge in [-0.2, -0.15) is 18.4 Å². The number of ether oxygens (including phenoxy) is 4. The lowest BCUT2D eigenvalue weighted by molar-refractivity contribution is -0.137. The maximum atomic E-state index is 13.7. The number of amides is 2. The molecule has 8 rings (SSSR count). The van der Waals surface area contributed by atoms with Gasteiger partial charge in [-0.1, -0.05) is 18.2 Å². The predicted molar refractivity (Wildman–Crippen MR) is 199 cm³/mol. The summed E-state index contributed by atoms with van der Waals surface area (Å²) in [6, 6.07) is 6.19. The van der Waals surface area contributed by atoms with Crippen molar-refractivity contribution in [1.82, 2.24) is 20.4 Å². The lowest BCUT2D eigenvalue weighted by Gasteiger charge is -2.58. The van der Waals surface area contributed by atoms with Gasteiger partial charge in [0, 0.05) is 60.8 Å². The second kappa shape index (κ2) is 14.6. The second-order valence-corrected chi connectivity index (χ2v) is 15.0. The zero-order valence-corrected chi connectivity index (χ0v) is 32.2. The highest BCUT2D eigenvalue weighted by Crippen LogP contribution is 2.59. The molecule has 1 saturated heterocycles. The molecule has 1 fully saturated rings. The lowest BCUT2D eigenvalue weighted by atomic mass is 9.76. The molecular weight excluding hydrogens is 747 g/mol. The first-order valence-corrected chi connectivity index (χ1v) is 18.4. The van der Waals surface area contributed by atoms with E-state index in [0.29, 0.717) is 45.1 Å². The summed E-state index contributed by atoms with van der Waals surface area (Å²) < 4.78 is 63.1.